The molecule has 22 heavy (non-hydrogen) atoms. The van der Waals surface area contributed by atoms with Crippen LogP contribution in [0.1, 0.15) is 37.8 Å². The smallest absolute Gasteiger partial charge is 0.191 e. The Morgan fingerprint density at radius 2 is 2.32 bits per heavy atom. The zero-order valence-corrected chi connectivity index (χ0v) is 14.2. The molecule has 0 aliphatic carbocycles. The van der Waals surface area contributed by atoms with Crippen LogP contribution >= 0.6 is 11.8 Å². The summed E-state index contributed by atoms with van der Waals surface area (Å²) >= 11 is 2.04. The first-order valence-corrected chi connectivity index (χ1v) is 8.79. The van der Waals surface area contributed by atoms with Gasteiger partial charge >= 0.3 is 0 Å². The lowest BCUT2D eigenvalue weighted by molar-refractivity contribution is 0.584. The van der Waals surface area contributed by atoms with E-state index < -0.39 is 0 Å². The van der Waals surface area contributed by atoms with Crippen molar-refractivity contribution >= 4 is 17.7 Å². The molecule has 0 spiro atoms. The third-order valence-electron chi connectivity index (χ3n) is 3.75. The molecule has 1 aliphatic rings. The van der Waals surface area contributed by atoms with E-state index in [0.29, 0.717) is 16.9 Å². The third-order valence-corrected chi connectivity index (χ3v) is 5.29. The lowest BCUT2D eigenvalue weighted by atomic mass is 10.1. The predicted molar refractivity (Wildman–Crippen MR) is 94.1 cm³/mol. The van der Waals surface area contributed by atoms with E-state index in [1.165, 1.54) is 18.6 Å². The second-order valence-corrected chi connectivity index (χ2v) is 7.45. The van der Waals surface area contributed by atoms with Crippen LogP contribution in [0.4, 0.5) is 0 Å². The van der Waals surface area contributed by atoms with Crippen LogP contribution in [0.15, 0.2) is 29.3 Å². The number of nitrogens with one attached hydrogen (secondary N) is 2. The molecule has 0 amide bonds. The van der Waals surface area contributed by atoms with Gasteiger partial charge in [0.2, 0.25) is 0 Å². The largest absolute Gasteiger partial charge is 0.357 e. The molecule has 1 aromatic rings. The average molecular weight is 316 g/mol. The SMILES string of the molecule is CCNC(=NCc1cccc(C#N)c1)NCC1(C)CCCS1. The summed E-state index contributed by atoms with van der Waals surface area (Å²) in [6.07, 6.45) is 2.56. The van der Waals surface area contributed by atoms with Crippen LogP contribution in [0, 0.1) is 11.3 Å². The number of benzene rings is 1. The summed E-state index contributed by atoms with van der Waals surface area (Å²) in [6.45, 7) is 6.74. The molecule has 0 radical (unpaired) electrons. The number of hydrogen-bond acceptors (Lipinski definition) is 3. The topological polar surface area (TPSA) is 60.2 Å². The summed E-state index contributed by atoms with van der Waals surface area (Å²) in [4.78, 5) is 4.63. The fourth-order valence-corrected chi connectivity index (χ4v) is 3.74. The standard InChI is InChI=1S/C17H24N4S/c1-3-19-16(21-13-17(2)8-5-9-22-17)20-12-15-7-4-6-14(10-15)11-18/h4,6-7,10H,3,5,8-9,12-13H2,1-2H3,(H2,19,20,21). The summed E-state index contributed by atoms with van der Waals surface area (Å²) in [6, 6.07) is 9.77. The van der Waals surface area contributed by atoms with Gasteiger partial charge in [-0.15, -0.1) is 0 Å². The molecule has 1 aromatic carbocycles. The van der Waals surface area contributed by atoms with Gasteiger partial charge in [-0.3, -0.25) is 0 Å². The normalized spacial score (nSPS) is 21.4. The van der Waals surface area contributed by atoms with Gasteiger partial charge < -0.3 is 10.6 Å². The van der Waals surface area contributed by atoms with E-state index in [2.05, 4.69) is 35.5 Å². The average Bonchev–Trinajstić information content (AvgIpc) is 2.97. The minimum atomic E-state index is 0.316. The minimum absolute atomic E-state index is 0.316. The molecule has 4 nitrogen and oxygen atoms in total. The molecule has 1 atom stereocenters. The highest BCUT2D eigenvalue weighted by Crippen LogP contribution is 2.36. The molecule has 5 heteroatoms. The van der Waals surface area contributed by atoms with Crippen LogP contribution in [0.3, 0.4) is 0 Å². The Morgan fingerprint density at radius 3 is 3.00 bits per heavy atom. The first kappa shape index (κ1) is 16.7. The maximum atomic E-state index is 8.94. The zero-order chi connectivity index (χ0) is 15.8. The van der Waals surface area contributed by atoms with E-state index >= 15 is 0 Å². The molecular weight excluding hydrogens is 292 g/mol. The van der Waals surface area contributed by atoms with Gasteiger partial charge in [-0.25, -0.2) is 4.99 Å². The van der Waals surface area contributed by atoms with Crippen molar-refractivity contribution in [3.05, 3.63) is 35.4 Å². The van der Waals surface area contributed by atoms with Crippen molar-refractivity contribution in [2.45, 2.75) is 38.0 Å². The van der Waals surface area contributed by atoms with E-state index in [4.69, 9.17) is 5.26 Å². The number of nitrogens with zero attached hydrogens (tertiary/aromatic N) is 2. The van der Waals surface area contributed by atoms with E-state index in [9.17, 15) is 0 Å². The molecule has 2 rings (SSSR count). The van der Waals surface area contributed by atoms with Crippen LogP contribution in [0.2, 0.25) is 0 Å². The van der Waals surface area contributed by atoms with E-state index in [-0.39, 0.29) is 0 Å². The third kappa shape index (κ3) is 4.96. The number of guanidine groups is 1. The zero-order valence-electron chi connectivity index (χ0n) is 13.4. The second kappa shape index (κ2) is 8.09. The van der Waals surface area contributed by atoms with Gasteiger partial charge in [0.25, 0.3) is 0 Å². The molecule has 1 saturated heterocycles. The Labute approximate surface area is 137 Å². The van der Waals surface area contributed by atoms with E-state index in [1.807, 2.05) is 36.0 Å². The Kier molecular flexibility index (Phi) is 6.14. The molecule has 1 aliphatic heterocycles. The van der Waals surface area contributed by atoms with Gasteiger partial charge in [0, 0.05) is 17.8 Å². The molecule has 118 valence electrons. The monoisotopic (exact) mass is 316 g/mol. The minimum Gasteiger partial charge on any atom is -0.357 e. The summed E-state index contributed by atoms with van der Waals surface area (Å²) < 4.78 is 0.316. The van der Waals surface area contributed by atoms with Crippen molar-refractivity contribution < 1.29 is 0 Å². The highest BCUT2D eigenvalue weighted by atomic mass is 32.2. The van der Waals surface area contributed by atoms with E-state index in [0.717, 1.165) is 24.6 Å². The molecule has 0 saturated carbocycles. The van der Waals surface area contributed by atoms with Crippen molar-refractivity contribution in [2.24, 2.45) is 4.99 Å². The fraction of sp³-hybridized carbons (Fsp3) is 0.529. The fourth-order valence-electron chi connectivity index (χ4n) is 2.50. The highest BCUT2D eigenvalue weighted by Gasteiger charge is 2.29. The quantitative estimate of drug-likeness (QED) is 0.648. The summed E-state index contributed by atoms with van der Waals surface area (Å²) in [7, 11) is 0. The molecule has 1 heterocycles. The van der Waals surface area contributed by atoms with Crippen LogP contribution in [0.25, 0.3) is 0 Å². The van der Waals surface area contributed by atoms with Crippen LogP contribution in [-0.2, 0) is 6.54 Å². The van der Waals surface area contributed by atoms with Gasteiger partial charge in [0.05, 0.1) is 18.2 Å². The van der Waals surface area contributed by atoms with E-state index in [1.54, 1.807) is 0 Å². The summed E-state index contributed by atoms with van der Waals surface area (Å²) in [5.41, 5.74) is 1.73. The van der Waals surface area contributed by atoms with Crippen molar-refractivity contribution in [1.82, 2.24) is 10.6 Å². The molecular formula is C17H24N4S. The highest BCUT2D eigenvalue weighted by molar-refractivity contribution is 8.00. The lowest BCUT2D eigenvalue weighted by Gasteiger charge is -2.24. The van der Waals surface area contributed by atoms with Crippen molar-refractivity contribution in [1.29, 1.82) is 5.26 Å². The Balaban J connectivity index is 1.95. The molecule has 0 aromatic heterocycles. The van der Waals surface area contributed by atoms with Crippen LogP contribution < -0.4 is 10.6 Å². The van der Waals surface area contributed by atoms with Crippen molar-refractivity contribution in [3.8, 4) is 6.07 Å². The van der Waals surface area contributed by atoms with Gasteiger partial charge in [-0.2, -0.15) is 17.0 Å². The second-order valence-electron chi connectivity index (χ2n) is 5.76. The van der Waals surface area contributed by atoms with Gasteiger partial charge in [-0.05, 0) is 50.1 Å². The first-order chi connectivity index (χ1) is 10.6. The Hall–Kier alpha value is -1.67. The van der Waals surface area contributed by atoms with Gasteiger partial charge in [0.1, 0.15) is 0 Å². The lowest BCUT2D eigenvalue weighted by Crippen LogP contribution is -2.43. The maximum absolute atomic E-state index is 8.94. The molecule has 1 unspecified atom stereocenters. The number of thioether (sulfide) groups is 1. The number of rotatable bonds is 5. The summed E-state index contributed by atoms with van der Waals surface area (Å²) in [5, 5.41) is 15.7. The Morgan fingerprint density at radius 1 is 1.45 bits per heavy atom. The number of aliphatic imine (C=N–C) groups is 1. The summed E-state index contributed by atoms with van der Waals surface area (Å²) in [5.74, 6) is 2.10. The molecule has 0 bridgehead atoms. The molecule has 1 fully saturated rings. The van der Waals surface area contributed by atoms with Crippen molar-refractivity contribution in [2.75, 3.05) is 18.8 Å². The van der Waals surface area contributed by atoms with Crippen molar-refractivity contribution in [3.63, 3.8) is 0 Å². The van der Waals surface area contributed by atoms with Gasteiger partial charge in [-0.1, -0.05) is 12.1 Å². The number of hydrogen-bond donors (Lipinski definition) is 2. The first-order valence-electron chi connectivity index (χ1n) is 7.80. The predicted octanol–water partition coefficient (Wildman–Crippen LogP) is 2.90. The maximum Gasteiger partial charge on any atom is 0.191 e. The van der Waals surface area contributed by atoms with Crippen LogP contribution in [0.5, 0.6) is 0 Å². The van der Waals surface area contributed by atoms with Crippen LogP contribution in [-0.4, -0.2) is 29.5 Å². The van der Waals surface area contributed by atoms with Gasteiger partial charge in [0.15, 0.2) is 5.96 Å². The number of nitriles is 1. The Bertz CT molecular complexity index is 556. The molecule has 2 N–H and O–H groups in total.